The minimum absolute atomic E-state index is 0.0278. The third-order valence-electron chi connectivity index (χ3n) is 3.27. The van der Waals surface area contributed by atoms with Gasteiger partial charge >= 0.3 is 12.0 Å². The van der Waals surface area contributed by atoms with Crippen LogP contribution in [0.1, 0.15) is 31.2 Å². The Kier molecular flexibility index (Phi) is 6.88. The molecule has 0 fully saturated rings. The van der Waals surface area contributed by atoms with E-state index in [0.29, 0.717) is 6.42 Å². The minimum Gasteiger partial charge on any atom is -0.481 e. The smallest absolute Gasteiger partial charge is 0.315 e. The van der Waals surface area contributed by atoms with Gasteiger partial charge in [-0.3, -0.25) is 9.59 Å². The van der Waals surface area contributed by atoms with Gasteiger partial charge in [-0.2, -0.15) is 0 Å². The number of carboxylic acid groups (broad SMARTS) is 1. The molecular weight excluding hydrogens is 286 g/mol. The van der Waals surface area contributed by atoms with Gasteiger partial charge in [-0.1, -0.05) is 37.3 Å². The lowest BCUT2D eigenvalue weighted by molar-refractivity contribution is -0.137. The fourth-order valence-corrected chi connectivity index (χ4v) is 2.03. The topological polar surface area (TPSA) is 122 Å². The fraction of sp³-hybridized carbons (Fsp3) is 0.400. The molecule has 0 saturated carbocycles. The van der Waals surface area contributed by atoms with Crippen molar-refractivity contribution < 1.29 is 19.5 Å². The Hall–Kier alpha value is -2.57. The number of carbonyl (C=O) groups excluding carboxylic acids is 2. The monoisotopic (exact) mass is 307 g/mol. The number of urea groups is 1. The number of aliphatic carboxylic acids is 1. The lowest BCUT2D eigenvalue weighted by Crippen LogP contribution is -2.51. The Balaban J connectivity index is 2.55. The molecule has 2 unspecified atom stereocenters. The molecule has 0 aliphatic heterocycles. The Labute approximate surface area is 128 Å². The fourth-order valence-electron chi connectivity index (χ4n) is 2.03. The molecule has 1 aromatic carbocycles. The van der Waals surface area contributed by atoms with E-state index in [4.69, 9.17) is 10.8 Å². The first kappa shape index (κ1) is 17.5. The molecule has 0 spiro atoms. The summed E-state index contributed by atoms with van der Waals surface area (Å²) in [4.78, 5) is 33.7. The van der Waals surface area contributed by atoms with Crippen LogP contribution in [0.3, 0.4) is 0 Å². The molecule has 0 saturated heterocycles. The van der Waals surface area contributed by atoms with Crippen molar-refractivity contribution in [2.24, 2.45) is 5.73 Å². The van der Waals surface area contributed by atoms with Crippen LogP contribution in [0.4, 0.5) is 4.79 Å². The lowest BCUT2D eigenvalue weighted by Gasteiger charge is -2.23. The molecule has 0 aliphatic rings. The minimum atomic E-state index is -0.921. The number of hydrogen-bond acceptors (Lipinski definition) is 3. The molecule has 7 nitrogen and oxygen atoms in total. The van der Waals surface area contributed by atoms with Crippen LogP contribution in [0.15, 0.2) is 30.3 Å². The van der Waals surface area contributed by atoms with E-state index in [-0.39, 0.29) is 18.9 Å². The number of amides is 3. The molecule has 0 aliphatic carbocycles. The van der Waals surface area contributed by atoms with Crippen molar-refractivity contribution in [2.45, 2.75) is 31.7 Å². The van der Waals surface area contributed by atoms with Crippen molar-refractivity contribution in [1.29, 1.82) is 0 Å². The maximum Gasteiger partial charge on any atom is 0.315 e. The van der Waals surface area contributed by atoms with Crippen molar-refractivity contribution in [3.8, 4) is 0 Å². The van der Waals surface area contributed by atoms with Gasteiger partial charge in [0.1, 0.15) is 6.04 Å². The van der Waals surface area contributed by atoms with Crippen molar-refractivity contribution in [3.05, 3.63) is 35.9 Å². The highest BCUT2D eigenvalue weighted by Crippen LogP contribution is 2.18. The van der Waals surface area contributed by atoms with Crippen molar-refractivity contribution in [1.82, 2.24) is 10.6 Å². The van der Waals surface area contributed by atoms with E-state index in [1.165, 1.54) is 0 Å². The second-order valence-electron chi connectivity index (χ2n) is 4.98. The molecule has 2 atom stereocenters. The van der Waals surface area contributed by atoms with E-state index < -0.39 is 23.9 Å². The zero-order valence-electron chi connectivity index (χ0n) is 12.4. The molecule has 22 heavy (non-hydrogen) atoms. The average molecular weight is 307 g/mol. The number of rotatable bonds is 8. The number of nitrogens with one attached hydrogen (secondary N) is 2. The number of nitrogens with two attached hydrogens (primary N) is 1. The second kappa shape index (κ2) is 8.66. The van der Waals surface area contributed by atoms with E-state index in [2.05, 4.69) is 10.6 Å². The molecular formula is C15H21N3O4. The predicted molar refractivity (Wildman–Crippen MR) is 81.2 cm³/mol. The molecule has 7 heteroatoms. The summed E-state index contributed by atoms with van der Waals surface area (Å²) in [6, 6.07) is 7.86. The van der Waals surface area contributed by atoms with E-state index >= 15 is 0 Å². The van der Waals surface area contributed by atoms with Gasteiger partial charge in [0.2, 0.25) is 5.91 Å². The van der Waals surface area contributed by atoms with Gasteiger partial charge in [-0.05, 0) is 12.0 Å². The van der Waals surface area contributed by atoms with Gasteiger partial charge in [-0.25, -0.2) is 4.79 Å². The highest BCUT2D eigenvalue weighted by Gasteiger charge is 2.25. The maximum atomic E-state index is 11.8. The molecule has 1 rings (SSSR count). The maximum absolute atomic E-state index is 11.8. The van der Waals surface area contributed by atoms with Gasteiger partial charge in [-0.15, -0.1) is 0 Å². The van der Waals surface area contributed by atoms with Gasteiger partial charge in [0.15, 0.2) is 0 Å². The summed E-state index contributed by atoms with van der Waals surface area (Å²) >= 11 is 0. The van der Waals surface area contributed by atoms with Crippen LogP contribution >= 0.6 is 0 Å². The zero-order chi connectivity index (χ0) is 16.5. The summed E-state index contributed by atoms with van der Waals surface area (Å²) < 4.78 is 0. The van der Waals surface area contributed by atoms with Gasteiger partial charge < -0.3 is 21.5 Å². The predicted octanol–water partition coefficient (Wildman–Crippen LogP) is 0.808. The second-order valence-corrected chi connectivity index (χ2v) is 4.98. The lowest BCUT2D eigenvalue weighted by atomic mass is 9.93. The molecule has 5 N–H and O–H groups in total. The number of benzene rings is 1. The van der Waals surface area contributed by atoms with E-state index in [1.807, 2.05) is 30.3 Å². The first-order valence-corrected chi connectivity index (χ1v) is 7.02. The largest absolute Gasteiger partial charge is 0.481 e. The van der Waals surface area contributed by atoms with E-state index in [1.54, 1.807) is 6.92 Å². The standard InChI is InChI=1S/C15H21N3O4/c1-10(11-6-3-2-4-7-11)13(14(16)21)18-15(22)17-9-5-8-12(19)20/h2-4,6-7,10,13H,5,8-9H2,1H3,(H2,16,21)(H,19,20)(H2,17,18,22). The van der Waals surface area contributed by atoms with Crippen LogP contribution in [-0.2, 0) is 9.59 Å². The summed E-state index contributed by atoms with van der Waals surface area (Å²) in [5.41, 5.74) is 6.25. The molecule has 120 valence electrons. The van der Waals surface area contributed by atoms with Gasteiger partial charge in [0, 0.05) is 18.9 Å². The van der Waals surface area contributed by atoms with Crippen molar-refractivity contribution >= 4 is 17.9 Å². The number of carbonyl (C=O) groups is 3. The molecule has 0 heterocycles. The molecule has 0 radical (unpaired) electrons. The number of carboxylic acids is 1. The zero-order valence-corrected chi connectivity index (χ0v) is 12.4. The highest BCUT2D eigenvalue weighted by atomic mass is 16.4. The van der Waals surface area contributed by atoms with Crippen molar-refractivity contribution in [2.75, 3.05) is 6.54 Å². The van der Waals surface area contributed by atoms with Crippen LogP contribution in [0, 0.1) is 0 Å². The Morgan fingerprint density at radius 2 is 1.86 bits per heavy atom. The van der Waals surface area contributed by atoms with Crippen LogP contribution in [0.25, 0.3) is 0 Å². The number of primary amides is 1. The Morgan fingerprint density at radius 3 is 2.41 bits per heavy atom. The highest BCUT2D eigenvalue weighted by molar-refractivity contribution is 5.86. The SMILES string of the molecule is CC(c1ccccc1)C(NC(=O)NCCCC(=O)O)C(N)=O. The molecule has 0 bridgehead atoms. The summed E-state index contributed by atoms with van der Waals surface area (Å²) in [6.07, 6.45) is 0.290. The van der Waals surface area contributed by atoms with Crippen LogP contribution in [0.2, 0.25) is 0 Å². The first-order chi connectivity index (χ1) is 10.4. The van der Waals surface area contributed by atoms with Gasteiger partial charge in [0.25, 0.3) is 0 Å². The quantitative estimate of drug-likeness (QED) is 0.531. The molecule has 0 aromatic heterocycles. The average Bonchev–Trinajstić information content (AvgIpc) is 2.49. The van der Waals surface area contributed by atoms with Gasteiger partial charge in [0.05, 0.1) is 0 Å². The summed E-state index contributed by atoms with van der Waals surface area (Å²) in [5.74, 6) is -1.82. The number of hydrogen-bond donors (Lipinski definition) is 4. The van der Waals surface area contributed by atoms with E-state index in [0.717, 1.165) is 5.56 Å². The third-order valence-corrected chi connectivity index (χ3v) is 3.27. The summed E-state index contributed by atoms with van der Waals surface area (Å²) in [5, 5.41) is 13.5. The molecule has 1 aromatic rings. The summed E-state index contributed by atoms with van der Waals surface area (Å²) in [6.45, 7) is 2.01. The Bertz CT molecular complexity index is 519. The molecule has 3 amide bonds. The summed E-state index contributed by atoms with van der Waals surface area (Å²) in [7, 11) is 0. The normalized spacial score (nSPS) is 13.0. The first-order valence-electron chi connectivity index (χ1n) is 7.02. The third kappa shape index (κ3) is 5.82. The van der Waals surface area contributed by atoms with Crippen molar-refractivity contribution in [3.63, 3.8) is 0 Å². The van der Waals surface area contributed by atoms with Crippen LogP contribution in [-0.4, -0.2) is 35.6 Å². The van der Waals surface area contributed by atoms with E-state index in [9.17, 15) is 14.4 Å². The van der Waals surface area contributed by atoms with Crippen LogP contribution < -0.4 is 16.4 Å². The van der Waals surface area contributed by atoms with Crippen LogP contribution in [0.5, 0.6) is 0 Å². The Morgan fingerprint density at radius 1 is 1.23 bits per heavy atom.